The summed E-state index contributed by atoms with van der Waals surface area (Å²) in [6.07, 6.45) is 6.08. The zero-order valence-corrected chi connectivity index (χ0v) is 14.6. The van der Waals surface area contributed by atoms with Gasteiger partial charge in [-0.05, 0) is 30.2 Å². The zero-order valence-electron chi connectivity index (χ0n) is 14.6. The Labute approximate surface area is 143 Å². The van der Waals surface area contributed by atoms with E-state index in [1.54, 1.807) is 30.0 Å². The average molecular weight is 335 g/mol. The minimum Gasteiger partial charge on any atom is -0.469 e. The number of hydrogen-bond donors (Lipinski definition) is 0. The Bertz CT molecular complexity index is 554. The number of esters is 1. The summed E-state index contributed by atoms with van der Waals surface area (Å²) < 4.78 is 17.6. The number of carbonyl (C=O) groups is 2. The largest absolute Gasteiger partial charge is 0.469 e. The summed E-state index contributed by atoms with van der Waals surface area (Å²) in [4.78, 5) is 25.7. The molecule has 0 saturated carbocycles. The lowest BCUT2D eigenvalue weighted by Gasteiger charge is -2.24. The minimum absolute atomic E-state index is 0.161. The lowest BCUT2D eigenvalue weighted by molar-refractivity contribution is -0.146. The molecule has 0 saturated heterocycles. The standard InChI is InChI=1S/C19H26FNO3/c1-4-5-6-13-21(14-15(2)19(23)24-3)18(22)12-9-16-7-10-17(20)11-8-16/h7-12,15H,4-6,13-14H2,1-3H3/b12-9+. The van der Waals surface area contributed by atoms with E-state index < -0.39 is 0 Å². The molecular formula is C19H26FNO3. The van der Waals surface area contributed by atoms with Gasteiger partial charge in [0, 0.05) is 19.2 Å². The molecule has 0 radical (unpaired) electrons. The minimum atomic E-state index is -0.375. The summed E-state index contributed by atoms with van der Waals surface area (Å²) in [6, 6.07) is 5.92. The Hall–Kier alpha value is -2.17. The Kier molecular flexibility index (Phi) is 8.76. The number of halogens is 1. The summed E-state index contributed by atoms with van der Waals surface area (Å²) in [5.74, 6) is -1.18. The van der Waals surface area contributed by atoms with Crippen molar-refractivity contribution in [3.63, 3.8) is 0 Å². The molecule has 0 aliphatic rings. The molecule has 0 fully saturated rings. The van der Waals surface area contributed by atoms with Crippen LogP contribution < -0.4 is 0 Å². The van der Waals surface area contributed by atoms with E-state index in [0.29, 0.717) is 13.1 Å². The molecule has 0 N–H and O–H groups in total. The number of methoxy groups -OCH3 is 1. The van der Waals surface area contributed by atoms with Crippen molar-refractivity contribution in [1.29, 1.82) is 0 Å². The number of hydrogen-bond acceptors (Lipinski definition) is 3. The maximum atomic E-state index is 12.9. The van der Waals surface area contributed by atoms with Crippen molar-refractivity contribution in [2.24, 2.45) is 5.92 Å². The fourth-order valence-electron chi connectivity index (χ4n) is 2.30. The second-order valence-electron chi connectivity index (χ2n) is 5.80. The van der Waals surface area contributed by atoms with Gasteiger partial charge in [-0.2, -0.15) is 0 Å². The molecule has 1 aromatic rings. The molecule has 0 aliphatic carbocycles. The number of carbonyl (C=O) groups excluding carboxylic acids is 2. The summed E-state index contributed by atoms with van der Waals surface area (Å²) in [5, 5.41) is 0. The first-order valence-corrected chi connectivity index (χ1v) is 8.28. The van der Waals surface area contributed by atoms with Crippen molar-refractivity contribution < 1.29 is 18.7 Å². The first kappa shape index (κ1) is 19.9. The summed E-state index contributed by atoms with van der Waals surface area (Å²) in [5.41, 5.74) is 0.749. The second kappa shape index (κ2) is 10.6. The Morgan fingerprint density at radius 1 is 1.25 bits per heavy atom. The second-order valence-corrected chi connectivity index (χ2v) is 5.80. The van der Waals surface area contributed by atoms with Crippen molar-refractivity contribution in [1.82, 2.24) is 4.90 Å². The van der Waals surface area contributed by atoms with Gasteiger partial charge < -0.3 is 9.64 Å². The highest BCUT2D eigenvalue weighted by molar-refractivity contribution is 5.92. The number of benzene rings is 1. The summed E-state index contributed by atoms with van der Waals surface area (Å²) in [7, 11) is 1.34. The highest BCUT2D eigenvalue weighted by Gasteiger charge is 2.19. The predicted octanol–water partition coefficient (Wildman–Crippen LogP) is 3.67. The van der Waals surface area contributed by atoms with Gasteiger partial charge in [-0.25, -0.2) is 4.39 Å². The topological polar surface area (TPSA) is 46.6 Å². The lowest BCUT2D eigenvalue weighted by Crippen LogP contribution is -2.37. The SMILES string of the molecule is CCCCCN(CC(C)C(=O)OC)C(=O)/C=C/c1ccc(F)cc1. The highest BCUT2D eigenvalue weighted by atomic mass is 19.1. The van der Waals surface area contributed by atoms with E-state index in [-0.39, 0.29) is 23.6 Å². The molecule has 1 atom stereocenters. The van der Waals surface area contributed by atoms with Crippen LogP contribution in [0, 0.1) is 11.7 Å². The van der Waals surface area contributed by atoms with Crippen LogP contribution in [-0.4, -0.2) is 37.0 Å². The van der Waals surface area contributed by atoms with Crippen molar-refractivity contribution >= 4 is 18.0 Å². The van der Waals surface area contributed by atoms with Gasteiger partial charge in [0.05, 0.1) is 13.0 Å². The molecule has 5 heteroatoms. The fraction of sp³-hybridized carbons (Fsp3) is 0.474. The van der Waals surface area contributed by atoms with Gasteiger partial charge in [0.25, 0.3) is 0 Å². The quantitative estimate of drug-likeness (QED) is 0.393. The Morgan fingerprint density at radius 2 is 1.92 bits per heavy atom. The Balaban J connectivity index is 2.74. The van der Waals surface area contributed by atoms with E-state index in [4.69, 9.17) is 4.74 Å². The third-order valence-electron chi connectivity index (χ3n) is 3.73. The van der Waals surface area contributed by atoms with Gasteiger partial charge in [-0.1, -0.05) is 38.8 Å². The lowest BCUT2D eigenvalue weighted by atomic mass is 10.1. The van der Waals surface area contributed by atoms with Gasteiger partial charge in [0.15, 0.2) is 0 Å². The van der Waals surface area contributed by atoms with Crippen LogP contribution in [0.3, 0.4) is 0 Å². The van der Waals surface area contributed by atoms with Crippen LogP contribution in [0.4, 0.5) is 4.39 Å². The molecule has 1 amide bonds. The van der Waals surface area contributed by atoms with Crippen molar-refractivity contribution in [2.75, 3.05) is 20.2 Å². The molecular weight excluding hydrogens is 309 g/mol. The van der Waals surface area contributed by atoms with E-state index in [2.05, 4.69) is 6.92 Å². The third-order valence-corrected chi connectivity index (χ3v) is 3.73. The van der Waals surface area contributed by atoms with Gasteiger partial charge in [-0.15, -0.1) is 0 Å². The van der Waals surface area contributed by atoms with Crippen LogP contribution in [0.25, 0.3) is 6.08 Å². The zero-order chi connectivity index (χ0) is 17.9. The van der Waals surface area contributed by atoms with Gasteiger partial charge in [0.2, 0.25) is 5.91 Å². The van der Waals surface area contributed by atoms with Crippen LogP contribution >= 0.6 is 0 Å². The normalized spacial score (nSPS) is 12.2. The molecule has 4 nitrogen and oxygen atoms in total. The average Bonchev–Trinajstić information content (AvgIpc) is 2.59. The maximum Gasteiger partial charge on any atom is 0.310 e. The molecule has 1 unspecified atom stereocenters. The third kappa shape index (κ3) is 6.94. The first-order valence-electron chi connectivity index (χ1n) is 8.28. The smallest absolute Gasteiger partial charge is 0.310 e. The molecule has 1 aromatic carbocycles. The number of nitrogens with zero attached hydrogens (tertiary/aromatic N) is 1. The molecule has 132 valence electrons. The molecule has 1 rings (SSSR count). The van der Waals surface area contributed by atoms with E-state index >= 15 is 0 Å². The van der Waals surface area contributed by atoms with Crippen LogP contribution in [0.1, 0.15) is 38.7 Å². The van der Waals surface area contributed by atoms with E-state index in [0.717, 1.165) is 24.8 Å². The molecule has 0 bridgehead atoms. The molecule has 0 aliphatic heterocycles. The number of ether oxygens (including phenoxy) is 1. The van der Waals surface area contributed by atoms with Crippen molar-refractivity contribution in [3.8, 4) is 0 Å². The number of rotatable bonds is 9. The molecule has 24 heavy (non-hydrogen) atoms. The van der Waals surface area contributed by atoms with Crippen molar-refractivity contribution in [3.05, 3.63) is 41.7 Å². The highest BCUT2D eigenvalue weighted by Crippen LogP contribution is 2.09. The Morgan fingerprint density at radius 3 is 2.50 bits per heavy atom. The molecule has 0 aromatic heterocycles. The van der Waals surface area contributed by atoms with Crippen LogP contribution in [0.5, 0.6) is 0 Å². The monoisotopic (exact) mass is 335 g/mol. The maximum absolute atomic E-state index is 12.9. The van der Waals surface area contributed by atoms with Crippen LogP contribution in [-0.2, 0) is 14.3 Å². The van der Waals surface area contributed by atoms with Gasteiger partial charge in [-0.3, -0.25) is 9.59 Å². The van der Waals surface area contributed by atoms with Gasteiger partial charge >= 0.3 is 5.97 Å². The van der Waals surface area contributed by atoms with Crippen LogP contribution in [0.2, 0.25) is 0 Å². The molecule has 0 heterocycles. The molecule has 0 spiro atoms. The number of amides is 1. The summed E-state index contributed by atoms with van der Waals surface area (Å²) in [6.45, 7) is 4.76. The summed E-state index contributed by atoms with van der Waals surface area (Å²) >= 11 is 0. The van der Waals surface area contributed by atoms with E-state index in [1.165, 1.54) is 25.3 Å². The van der Waals surface area contributed by atoms with E-state index in [9.17, 15) is 14.0 Å². The van der Waals surface area contributed by atoms with Gasteiger partial charge in [0.1, 0.15) is 5.82 Å². The van der Waals surface area contributed by atoms with E-state index in [1.807, 2.05) is 0 Å². The van der Waals surface area contributed by atoms with Crippen molar-refractivity contribution in [2.45, 2.75) is 33.1 Å². The fourth-order valence-corrected chi connectivity index (χ4v) is 2.30. The first-order chi connectivity index (χ1) is 11.5. The predicted molar refractivity (Wildman–Crippen MR) is 92.7 cm³/mol. The number of unbranched alkanes of at least 4 members (excludes halogenated alkanes) is 2. The van der Waals surface area contributed by atoms with Crippen LogP contribution in [0.15, 0.2) is 30.3 Å².